The number of carbonyl (C=O) groups excluding carboxylic acids is 1. The van der Waals surface area contributed by atoms with Crippen LogP contribution in [0.5, 0.6) is 5.75 Å². The normalized spacial score (nSPS) is 9.85. The van der Waals surface area contributed by atoms with Crippen LogP contribution in [0.4, 0.5) is 0 Å². The van der Waals surface area contributed by atoms with Gasteiger partial charge in [0.25, 0.3) is 0 Å². The van der Waals surface area contributed by atoms with Crippen molar-refractivity contribution in [3.8, 4) is 17.5 Å². The first kappa shape index (κ1) is 13.6. The van der Waals surface area contributed by atoms with E-state index in [4.69, 9.17) is 9.47 Å². The monoisotopic (exact) mass is 271 g/mol. The highest BCUT2D eigenvalue weighted by molar-refractivity contribution is 5.91. The Morgan fingerprint density at radius 2 is 2.10 bits per heavy atom. The highest BCUT2D eigenvalue weighted by atomic mass is 16.5. The van der Waals surface area contributed by atoms with E-state index in [2.05, 4.69) is 5.10 Å². The molecule has 1 heterocycles. The van der Waals surface area contributed by atoms with Crippen molar-refractivity contribution in [1.82, 2.24) is 9.78 Å². The fourth-order valence-electron chi connectivity index (χ4n) is 1.73. The van der Waals surface area contributed by atoms with Crippen LogP contribution in [0, 0.1) is 11.3 Å². The third-order valence-corrected chi connectivity index (χ3v) is 2.69. The van der Waals surface area contributed by atoms with Gasteiger partial charge in [-0.1, -0.05) is 0 Å². The van der Waals surface area contributed by atoms with Crippen LogP contribution in [0.2, 0.25) is 0 Å². The van der Waals surface area contributed by atoms with E-state index in [1.54, 1.807) is 38.3 Å². The van der Waals surface area contributed by atoms with Crippen LogP contribution in [0.25, 0.3) is 5.69 Å². The van der Waals surface area contributed by atoms with Gasteiger partial charge < -0.3 is 9.47 Å². The Morgan fingerprint density at radius 1 is 1.40 bits per heavy atom. The molecule has 2 rings (SSSR count). The lowest BCUT2D eigenvalue weighted by Gasteiger charge is -2.05. The minimum Gasteiger partial charge on any atom is -0.497 e. The number of ether oxygens (including phenoxy) is 2. The van der Waals surface area contributed by atoms with Gasteiger partial charge in [0.05, 0.1) is 25.6 Å². The summed E-state index contributed by atoms with van der Waals surface area (Å²) in [6, 6.07) is 8.99. The number of nitrogens with zero attached hydrogens (tertiary/aromatic N) is 3. The molecule has 0 radical (unpaired) electrons. The van der Waals surface area contributed by atoms with Crippen LogP contribution in [-0.4, -0.2) is 29.5 Å². The maximum Gasteiger partial charge on any atom is 0.342 e. The van der Waals surface area contributed by atoms with Crippen molar-refractivity contribution < 1.29 is 14.3 Å². The van der Waals surface area contributed by atoms with Gasteiger partial charge in [0.2, 0.25) is 0 Å². The molecule has 0 saturated heterocycles. The predicted octanol–water partition coefficient (Wildman–Crippen LogP) is 1.93. The van der Waals surface area contributed by atoms with Gasteiger partial charge in [-0.25, -0.2) is 9.48 Å². The maximum atomic E-state index is 11.7. The van der Waals surface area contributed by atoms with Gasteiger partial charge in [0, 0.05) is 0 Å². The van der Waals surface area contributed by atoms with E-state index in [9.17, 15) is 10.1 Å². The Labute approximate surface area is 116 Å². The zero-order chi connectivity index (χ0) is 14.5. The summed E-state index contributed by atoms with van der Waals surface area (Å²) >= 11 is 0. The van der Waals surface area contributed by atoms with Gasteiger partial charge in [0.15, 0.2) is 5.69 Å². The van der Waals surface area contributed by atoms with Crippen LogP contribution >= 0.6 is 0 Å². The molecule has 6 nitrogen and oxygen atoms in total. The van der Waals surface area contributed by atoms with Crippen molar-refractivity contribution in [2.24, 2.45) is 0 Å². The summed E-state index contributed by atoms with van der Waals surface area (Å²) in [5.74, 6) is 0.147. The molecule has 2 aromatic rings. The number of nitriles is 1. The molecule has 0 aliphatic rings. The average Bonchev–Trinajstić information content (AvgIpc) is 2.91. The quantitative estimate of drug-likeness (QED) is 0.794. The number of benzene rings is 1. The summed E-state index contributed by atoms with van der Waals surface area (Å²) < 4.78 is 11.4. The van der Waals surface area contributed by atoms with E-state index in [0.717, 1.165) is 0 Å². The highest BCUT2D eigenvalue weighted by Gasteiger charge is 2.19. The molecule has 0 N–H and O–H groups in total. The topological polar surface area (TPSA) is 77.1 Å². The third-order valence-electron chi connectivity index (χ3n) is 2.69. The molecule has 0 saturated carbocycles. The Kier molecular flexibility index (Phi) is 4.01. The summed E-state index contributed by atoms with van der Waals surface area (Å²) in [4.78, 5) is 11.7. The molecule has 0 amide bonds. The van der Waals surface area contributed by atoms with Crippen molar-refractivity contribution >= 4 is 5.97 Å². The van der Waals surface area contributed by atoms with Gasteiger partial charge in [-0.2, -0.15) is 10.4 Å². The minimum atomic E-state index is -0.552. The zero-order valence-electron chi connectivity index (χ0n) is 11.2. The summed E-state index contributed by atoms with van der Waals surface area (Å²) in [7, 11) is 1.57. The number of esters is 1. The molecule has 0 spiro atoms. The van der Waals surface area contributed by atoms with Gasteiger partial charge in [0.1, 0.15) is 17.4 Å². The molecule has 0 bridgehead atoms. The number of hydrogen-bond donors (Lipinski definition) is 0. The Morgan fingerprint density at radius 3 is 2.65 bits per heavy atom. The van der Waals surface area contributed by atoms with Crippen LogP contribution in [0.15, 0.2) is 30.5 Å². The largest absolute Gasteiger partial charge is 0.497 e. The predicted molar refractivity (Wildman–Crippen MR) is 70.8 cm³/mol. The van der Waals surface area contributed by atoms with Crippen LogP contribution in [0.1, 0.15) is 23.0 Å². The third kappa shape index (κ3) is 2.47. The Hall–Kier alpha value is -2.81. The lowest BCUT2D eigenvalue weighted by Crippen LogP contribution is -2.07. The maximum absolute atomic E-state index is 11.7. The number of rotatable bonds is 4. The lowest BCUT2D eigenvalue weighted by molar-refractivity contribution is 0.0526. The fourth-order valence-corrected chi connectivity index (χ4v) is 1.73. The molecule has 102 valence electrons. The van der Waals surface area contributed by atoms with E-state index in [1.165, 1.54) is 10.9 Å². The summed E-state index contributed by atoms with van der Waals surface area (Å²) in [6.45, 7) is 1.95. The molecule has 0 fully saturated rings. The van der Waals surface area contributed by atoms with Crippen molar-refractivity contribution in [2.75, 3.05) is 13.7 Å². The van der Waals surface area contributed by atoms with E-state index in [-0.39, 0.29) is 17.9 Å². The van der Waals surface area contributed by atoms with Crippen LogP contribution in [0.3, 0.4) is 0 Å². The van der Waals surface area contributed by atoms with E-state index in [0.29, 0.717) is 11.4 Å². The zero-order valence-corrected chi connectivity index (χ0v) is 11.2. The molecule has 0 aliphatic carbocycles. The lowest BCUT2D eigenvalue weighted by atomic mass is 10.2. The van der Waals surface area contributed by atoms with Crippen LogP contribution < -0.4 is 4.74 Å². The fraction of sp³-hybridized carbons (Fsp3) is 0.214. The molecule has 1 aromatic heterocycles. The highest BCUT2D eigenvalue weighted by Crippen LogP contribution is 2.18. The minimum absolute atomic E-state index is 0.147. The average molecular weight is 271 g/mol. The molecular formula is C14H13N3O3. The van der Waals surface area contributed by atoms with Gasteiger partial charge in [-0.3, -0.25) is 0 Å². The summed E-state index contributed by atoms with van der Waals surface area (Å²) in [5.41, 5.74) is 0.969. The van der Waals surface area contributed by atoms with Crippen LogP contribution in [-0.2, 0) is 4.74 Å². The first-order valence-electron chi connectivity index (χ1n) is 6.01. The number of carbonyl (C=O) groups is 1. The van der Waals surface area contributed by atoms with Gasteiger partial charge in [-0.05, 0) is 31.2 Å². The molecule has 6 heteroatoms. The number of aromatic nitrogens is 2. The second-order valence-corrected chi connectivity index (χ2v) is 3.85. The molecule has 0 atom stereocenters. The van der Waals surface area contributed by atoms with Crippen molar-refractivity contribution in [1.29, 1.82) is 5.26 Å². The molecule has 1 aromatic carbocycles. The van der Waals surface area contributed by atoms with Gasteiger partial charge in [-0.15, -0.1) is 0 Å². The smallest absolute Gasteiger partial charge is 0.342 e. The van der Waals surface area contributed by atoms with E-state index in [1.807, 2.05) is 6.07 Å². The summed E-state index contributed by atoms with van der Waals surface area (Å²) in [6.07, 6.45) is 1.33. The SMILES string of the molecule is CCOC(=O)c1cnn(-c2ccc(OC)cc2)c1C#N. The first-order valence-corrected chi connectivity index (χ1v) is 6.01. The van der Waals surface area contributed by atoms with E-state index >= 15 is 0 Å². The number of methoxy groups -OCH3 is 1. The summed E-state index contributed by atoms with van der Waals surface area (Å²) in [5, 5.41) is 13.3. The Balaban J connectivity index is 2.42. The van der Waals surface area contributed by atoms with E-state index < -0.39 is 5.97 Å². The first-order chi connectivity index (χ1) is 9.71. The molecule has 20 heavy (non-hydrogen) atoms. The Bertz CT molecular complexity index is 653. The molecular weight excluding hydrogens is 258 g/mol. The van der Waals surface area contributed by atoms with Crippen molar-refractivity contribution in [3.05, 3.63) is 41.7 Å². The van der Waals surface area contributed by atoms with Gasteiger partial charge >= 0.3 is 5.97 Å². The van der Waals surface area contributed by atoms with Crippen molar-refractivity contribution in [2.45, 2.75) is 6.92 Å². The standard InChI is InChI=1S/C14H13N3O3/c1-3-20-14(18)12-9-16-17(13(12)8-15)10-4-6-11(19-2)7-5-10/h4-7,9H,3H2,1-2H3. The second kappa shape index (κ2) is 5.89. The second-order valence-electron chi connectivity index (χ2n) is 3.85. The molecule has 0 aliphatic heterocycles. The van der Waals surface area contributed by atoms with Crippen molar-refractivity contribution in [3.63, 3.8) is 0 Å². The molecule has 0 unspecified atom stereocenters. The number of hydrogen-bond acceptors (Lipinski definition) is 5.